The molecular formula is C19H19FN2OS. The Morgan fingerprint density at radius 2 is 1.96 bits per heavy atom. The Kier molecular flexibility index (Phi) is 6.39. The number of rotatable bonds is 6. The Hall–Kier alpha value is -2.32. The van der Waals surface area contributed by atoms with Crippen molar-refractivity contribution in [2.75, 3.05) is 17.2 Å². The SMILES string of the molecule is Cc1ccc(SCC(=O)N(CCC#N)c2ccccc2F)cc1C. The molecule has 0 aliphatic rings. The van der Waals surface area contributed by atoms with Crippen LogP contribution >= 0.6 is 11.8 Å². The number of nitrogens with zero attached hydrogens (tertiary/aromatic N) is 2. The van der Waals surface area contributed by atoms with E-state index in [0.717, 1.165) is 4.90 Å². The van der Waals surface area contributed by atoms with Crippen LogP contribution in [0.5, 0.6) is 0 Å². The molecular weight excluding hydrogens is 323 g/mol. The van der Waals surface area contributed by atoms with Crippen molar-refractivity contribution in [1.82, 2.24) is 0 Å². The highest BCUT2D eigenvalue weighted by atomic mass is 32.2. The van der Waals surface area contributed by atoms with Gasteiger partial charge in [-0.25, -0.2) is 4.39 Å². The van der Waals surface area contributed by atoms with Gasteiger partial charge in [-0.05, 0) is 49.2 Å². The average molecular weight is 342 g/mol. The molecule has 3 nitrogen and oxygen atoms in total. The molecule has 0 atom stereocenters. The molecule has 0 aromatic heterocycles. The fourth-order valence-corrected chi connectivity index (χ4v) is 3.11. The quantitative estimate of drug-likeness (QED) is 0.727. The van der Waals surface area contributed by atoms with Gasteiger partial charge in [0.25, 0.3) is 0 Å². The number of anilines is 1. The van der Waals surface area contributed by atoms with Gasteiger partial charge in [-0.15, -0.1) is 11.8 Å². The molecule has 5 heteroatoms. The number of hydrogen-bond acceptors (Lipinski definition) is 3. The van der Waals surface area contributed by atoms with Crippen LogP contribution in [0.3, 0.4) is 0 Å². The molecule has 0 spiro atoms. The minimum atomic E-state index is -0.458. The van der Waals surface area contributed by atoms with E-state index in [1.807, 2.05) is 38.1 Å². The number of halogens is 1. The van der Waals surface area contributed by atoms with Crippen molar-refractivity contribution < 1.29 is 9.18 Å². The van der Waals surface area contributed by atoms with Crippen molar-refractivity contribution >= 4 is 23.4 Å². The number of carbonyl (C=O) groups excluding carboxylic acids is 1. The molecule has 0 aliphatic heterocycles. The third-order valence-corrected chi connectivity index (χ3v) is 4.71. The summed E-state index contributed by atoms with van der Waals surface area (Å²) in [6.45, 7) is 4.25. The first-order valence-corrected chi connectivity index (χ1v) is 8.63. The maximum Gasteiger partial charge on any atom is 0.237 e. The zero-order chi connectivity index (χ0) is 17.5. The Balaban J connectivity index is 2.11. The van der Waals surface area contributed by atoms with E-state index in [0.29, 0.717) is 0 Å². The molecule has 0 aliphatic carbocycles. The highest BCUT2D eigenvalue weighted by molar-refractivity contribution is 8.00. The second-order valence-electron chi connectivity index (χ2n) is 5.44. The lowest BCUT2D eigenvalue weighted by atomic mass is 10.1. The van der Waals surface area contributed by atoms with Gasteiger partial charge in [0.15, 0.2) is 0 Å². The van der Waals surface area contributed by atoms with E-state index >= 15 is 0 Å². The summed E-state index contributed by atoms with van der Waals surface area (Å²) in [5.41, 5.74) is 2.59. The van der Waals surface area contributed by atoms with Crippen LogP contribution in [0.1, 0.15) is 17.5 Å². The largest absolute Gasteiger partial charge is 0.308 e. The molecule has 0 unspecified atom stereocenters. The number of para-hydroxylation sites is 1. The molecule has 1 amide bonds. The number of carbonyl (C=O) groups is 1. The summed E-state index contributed by atoms with van der Waals surface area (Å²) in [6.07, 6.45) is 0.161. The maximum atomic E-state index is 14.0. The molecule has 0 heterocycles. The Labute approximate surface area is 146 Å². The monoisotopic (exact) mass is 342 g/mol. The molecule has 24 heavy (non-hydrogen) atoms. The molecule has 0 saturated carbocycles. The molecule has 0 saturated heterocycles. The Morgan fingerprint density at radius 3 is 2.62 bits per heavy atom. The first-order valence-electron chi connectivity index (χ1n) is 7.65. The number of nitriles is 1. The predicted octanol–water partition coefficient (Wildman–Crippen LogP) is 4.48. The maximum absolute atomic E-state index is 14.0. The average Bonchev–Trinajstić information content (AvgIpc) is 2.57. The van der Waals surface area contributed by atoms with Crippen LogP contribution < -0.4 is 4.90 Å². The van der Waals surface area contributed by atoms with Gasteiger partial charge in [-0.1, -0.05) is 18.2 Å². The van der Waals surface area contributed by atoms with Crippen molar-refractivity contribution in [3.63, 3.8) is 0 Å². The third kappa shape index (κ3) is 4.59. The highest BCUT2D eigenvalue weighted by Gasteiger charge is 2.18. The van der Waals surface area contributed by atoms with E-state index in [4.69, 9.17) is 5.26 Å². The van der Waals surface area contributed by atoms with Crippen LogP contribution in [0.2, 0.25) is 0 Å². The zero-order valence-corrected chi connectivity index (χ0v) is 14.6. The summed E-state index contributed by atoms with van der Waals surface area (Å²) in [5.74, 6) is -0.471. The first-order chi connectivity index (χ1) is 11.5. The molecule has 0 bridgehead atoms. The van der Waals surface area contributed by atoms with Crippen molar-refractivity contribution in [2.45, 2.75) is 25.2 Å². The van der Waals surface area contributed by atoms with Gasteiger partial charge in [-0.3, -0.25) is 4.79 Å². The van der Waals surface area contributed by atoms with Gasteiger partial charge in [-0.2, -0.15) is 5.26 Å². The highest BCUT2D eigenvalue weighted by Crippen LogP contribution is 2.24. The van der Waals surface area contributed by atoms with Gasteiger partial charge in [0.1, 0.15) is 5.82 Å². The summed E-state index contributed by atoms with van der Waals surface area (Å²) in [4.78, 5) is 14.9. The minimum Gasteiger partial charge on any atom is -0.308 e. The van der Waals surface area contributed by atoms with E-state index in [-0.39, 0.29) is 30.3 Å². The van der Waals surface area contributed by atoms with Crippen molar-refractivity contribution in [2.24, 2.45) is 0 Å². The third-order valence-electron chi connectivity index (χ3n) is 3.73. The lowest BCUT2D eigenvalue weighted by Gasteiger charge is -2.22. The van der Waals surface area contributed by atoms with Gasteiger partial charge in [0.2, 0.25) is 5.91 Å². The Bertz CT molecular complexity index is 770. The molecule has 0 radical (unpaired) electrons. The molecule has 2 aromatic rings. The number of aryl methyl sites for hydroxylation is 2. The van der Waals surface area contributed by atoms with Crippen molar-refractivity contribution in [3.8, 4) is 6.07 Å². The van der Waals surface area contributed by atoms with Crippen LogP contribution in [0, 0.1) is 31.0 Å². The van der Waals surface area contributed by atoms with Crippen molar-refractivity contribution in [3.05, 3.63) is 59.4 Å². The summed E-state index contributed by atoms with van der Waals surface area (Å²) >= 11 is 1.42. The van der Waals surface area contributed by atoms with Crippen LogP contribution in [0.25, 0.3) is 0 Å². The minimum absolute atomic E-state index is 0.161. The normalized spacial score (nSPS) is 10.2. The Morgan fingerprint density at radius 1 is 1.21 bits per heavy atom. The number of thioether (sulfide) groups is 1. The second-order valence-corrected chi connectivity index (χ2v) is 6.49. The van der Waals surface area contributed by atoms with Crippen LogP contribution in [-0.4, -0.2) is 18.2 Å². The molecule has 0 N–H and O–H groups in total. The molecule has 0 fully saturated rings. The van der Waals surface area contributed by atoms with Crippen LogP contribution in [-0.2, 0) is 4.79 Å². The number of amides is 1. The first kappa shape index (κ1) is 18.0. The smallest absolute Gasteiger partial charge is 0.237 e. The standard InChI is InChI=1S/C19H19FN2OS/c1-14-8-9-16(12-15(14)2)24-13-19(23)22(11-5-10-21)18-7-4-3-6-17(18)20/h3-4,6-9,12H,5,11,13H2,1-2H3. The molecule has 2 aromatic carbocycles. The topological polar surface area (TPSA) is 44.1 Å². The number of hydrogen-bond donors (Lipinski definition) is 0. The van der Waals surface area contributed by atoms with E-state index in [1.165, 1.54) is 33.9 Å². The van der Waals surface area contributed by atoms with Crippen LogP contribution in [0.4, 0.5) is 10.1 Å². The predicted molar refractivity (Wildman–Crippen MR) is 95.6 cm³/mol. The summed E-state index contributed by atoms with van der Waals surface area (Å²) in [6, 6.07) is 14.2. The van der Waals surface area contributed by atoms with Gasteiger partial charge < -0.3 is 4.90 Å². The summed E-state index contributed by atoms with van der Waals surface area (Å²) in [5, 5.41) is 8.79. The van der Waals surface area contributed by atoms with Crippen molar-refractivity contribution in [1.29, 1.82) is 5.26 Å². The van der Waals surface area contributed by atoms with E-state index in [9.17, 15) is 9.18 Å². The molecule has 124 valence electrons. The lowest BCUT2D eigenvalue weighted by Crippen LogP contribution is -2.34. The van der Waals surface area contributed by atoms with Gasteiger partial charge >= 0.3 is 0 Å². The van der Waals surface area contributed by atoms with Gasteiger partial charge in [0, 0.05) is 11.4 Å². The second kappa shape index (κ2) is 8.51. The van der Waals surface area contributed by atoms with E-state index in [1.54, 1.807) is 18.2 Å². The van der Waals surface area contributed by atoms with Gasteiger partial charge in [0.05, 0.1) is 23.9 Å². The molecule has 2 rings (SSSR count). The lowest BCUT2D eigenvalue weighted by molar-refractivity contribution is -0.116. The fourth-order valence-electron chi connectivity index (χ4n) is 2.24. The zero-order valence-electron chi connectivity index (χ0n) is 13.8. The summed E-state index contributed by atoms with van der Waals surface area (Å²) < 4.78 is 14.0. The van der Waals surface area contributed by atoms with E-state index in [2.05, 4.69) is 0 Å². The van der Waals surface area contributed by atoms with Crippen LogP contribution in [0.15, 0.2) is 47.4 Å². The fraction of sp³-hybridized carbons (Fsp3) is 0.263. The summed E-state index contributed by atoms with van der Waals surface area (Å²) in [7, 11) is 0. The number of benzene rings is 2. The van der Waals surface area contributed by atoms with E-state index < -0.39 is 5.82 Å².